The number of anilines is 1. The highest BCUT2D eigenvalue weighted by Crippen LogP contribution is 2.46. The van der Waals surface area contributed by atoms with E-state index in [1.807, 2.05) is 24.3 Å². The molecule has 2 aromatic carbocycles. The van der Waals surface area contributed by atoms with E-state index in [4.69, 9.17) is 9.40 Å². The lowest BCUT2D eigenvalue weighted by Gasteiger charge is -2.41. The van der Waals surface area contributed by atoms with Gasteiger partial charge in [0.2, 0.25) is 11.8 Å². The van der Waals surface area contributed by atoms with E-state index in [0.29, 0.717) is 72.9 Å². The van der Waals surface area contributed by atoms with Gasteiger partial charge in [0.15, 0.2) is 0 Å². The van der Waals surface area contributed by atoms with E-state index in [2.05, 4.69) is 21.0 Å². The van der Waals surface area contributed by atoms with Crippen LogP contribution in [-0.2, 0) is 4.79 Å². The van der Waals surface area contributed by atoms with Gasteiger partial charge in [-0.3, -0.25) is 13.9 Å². The van der Waals surface area contributed by atoms with Crippen LogP contribution in [0.25, 0.3) is 22.7 Å². The summed E-state index contributed by atoms with van der Waals surface area (Å²) in [4.78, 5) is 20.3. The molecule has 0 spiro atoms. The van der Waals surface area contributed by atoms with Gasteiger partial charge in [0.1, 0.15) is 22.7 Å². The van der Waals surface area contributed by atoms with Gasteiger partial charge >= 0.3 is 6.36 Å². The Morgan fingerprint density at radius 3 is 2.45 bits per heavy atom. The molecule has 6 rings (SSSR count). The van der Waals surface area contributed by atoms with Crippen LogP contribution >= 0.6 is 10.6 Å². The van der Waals surface area contributed by atoms with Gasteiger partial charge in [-0.25, -0.2) is 4.98 Å². The Hall–Kier alpha value is -3.73. The van der Waals surface area contributed by atoms with Crippen molar-refractivity contribution >= 4 is 22.2 Å². The summed E-state index contributed by atoms with van der Waals surface area (Å²) in [6.07, 6.45) is -0.675. The molecule has 13 heteroatoms. The minimum absolute atomic E-state index is 0.105. The molecule has 44 heavy (non-hydrogen) atoms. The molecule has 0 unspecified atom stereocenters. The SMILES string of the molecule is N#CC1(NC(=O)[C@@H]2CCCC[C@H]2c2oc(-c3cccc(OC(F)(F)F)c3)nc2-c2ccc(N3CCS(O)(O)CC3)cc2)CC1. The zero-order valence-electron chi connectivity index (χ0n) is 23.8. The molecule has 2 saturated carbocycles. The standard InChI is InChI=1S/C31H33F3N4O5S/c32-31(33,34)43-23-5-3-4-21(18-23)29-36-26(20-8-10-22(11-9-20)38-14-16-44(40,41)17-15-38)27(42-29)24-6-1-2-7-25(24)28(39)37-30(19-35)12-13-30/h3-5,8-11,18,24-25,40-41H,1-2,6-7,12-17H2,(H,37,39)/t24-,25-/m1/s1. The van der Waals surface area contributed by atoms with Crippen molar-refractivity contribution in [3.8, 4) is 34.5 Å². The summed E-state index contributed by atoms with van der Waals surface area (Å²) in [5.41, 5.74) is 1.59. The predicted octanol–water partition coefficient (Wildman–Crippen LogP) is 6.92. The van der Waals surface area contributed by atoms with Gasteiger partial charge in [0, 0.05) is 41.7 Å². The zero-order valence-corrected chi connectivity index (χ0v) is 24.7. The minimum Gasteiger partial charge on any atom is -0.440 e. The Balaban J connectivity index is 1.35. The number of carbonyl (C=O) groups excluding carboxylic acids is 1. The molecule has 2 heterocycles. The summed E-state index contributed by atoms with van der Waals surface area (Å²) >= 11 is 0. The maximum absolute atomic E-state index is 13.5. The van der Waals surface area contributed by atoms with Crippen molar-refractivity contribution in [3.63, 3.8) is 0 Å². The largest absolute Gasteiger partial charge is 0.573 e. The van der Waals surface area contributed by atoms with Gasteiger partial charge in [-0.1, -0.05) is 31.0 Å². The number of hydrogen-bond donors (Lipinski definition) is 3. The number of alkyl halides is 3. The number of carbonyl (C=O) groups is 1. The quantitative estimate of drug-likeness (QED) is 0.256. The van der Waals surface area contributed by atoms with Gasteiger partial charge < -0.3 is 19.4 Å². The van der Waals surface area contributed by atoms with Gasteiger partial charge in [0.25, 0.3) is 0 Å². The lowest BCUT2D eigenvalue weighted by atomic mass is 9.76. The molecule has 9 nitrogen and oxygen atoms in total. The van der Waals surface area contributed by atoms with Gasteiger partial charge in [0.05, 0.1) is 17.6 Å². The molecule has 2 aliphatic carbocycles. The highest BCUT2D eigenvalue weighted by Gasteiger charge is 2.47. The second-order valence-electron chi connectivity index (χ2n) is 11.7. The van der Waals surface area contributed by atoms with Crippen molar-refractivity contribution in [2.24, 2.45) is 5.92 Å². The number of nitrogens with one attached hydrogen (secondary N) is 1. The van der Waals surface area contributed by atoms with Gasteiger partial charge in [-0.05, 0) is 56.0 Å². The molecule has 3 fully saturated rings. The smallest absolute Gasteiger partial charge is 0.440 e. The molecule has 2 atom stereocenters. The highest BCUT2D eigenvalue weighted by molar-refractivity contribution is 8.24. The van der Waals surface area contributed by atoms with Crippen LogP contribution in [0.5, 0.6) is 5.75 Å². The normalized spacial score (nSPS) is 23.3. The number of ether oxygens (including phenoxy) is 1. The fourth-order valence-corrected chi connectivity index (χ4v) is 7.26. The Morgan fingerprint density at radius 1 is 1.09 bits per heavy atom. The summed E-state index contributed by atoms with van der Waals surface area (Å²) in [5, 5.41) is 12.5. The van der Waals surface area contributed by atoms with Gasteiger partial charge in [-0.2, -0.15) is 15.9 Å². The number of oxazole rings is 1. The lowest BCUT2D eigenvalue weighted by molar-refractivity contribution is -0.274. The van der Waals surface area contributed by atoms with Crippen molar-refractivity contribution < 1.29 is 36.2 Å². The van der Waals surface area contributed by atoms with Crippen LogP contribution in [0.4, 0.5) is 18.9 Å². The number of rotatable bonds is 7. The number of benzene rings is 2. The summed E-state index contributed by atoms with van der Waals surface area (Å²) in [6, 6.07) is 15.2. The predicted molar refractivity (Wildman–Crippen MR) is 159 cm³/mol. The summed E-state index contributed by atoms with van der Waals surface area (Å²) in [5.74, 6) is -0.222. The average molecular weight is 631 g/mol. The number of halogens is 3. The number of hydrogen-bond acceptors (Lipinski definition) is 8. The topological polar surface area (TPSA) is 132 Å². The molecule has 3 N–H and O–H groups in total. The van der Waals surface area contributed by atoms with E-state index in [-0.39, 0.29) is 17.7 Å². The maximum Gasteiger partial charge on any atom is 0.573 e. The van der Waals surface area contributed by atoms with Crippen molar-refractivity contribution in [1.82, 2.24) is 10.3 Å². The molecule has 1 aliphatic heterocycles. The first-order valence-electron chi connectivity index (χ1n) is 14.6. The second kappa shape index (κ2) is 11.6. The lowest BCUT2D eigenvalue weighted by Crippen LogP contribution is -2.42. The zero-order chi connectivity index (χ0) is 31.1. The van der Waals surface area contributed by atoms with E-state index in [0.717, 1.165) is 18.5 Å². The van der Waals surface area contributed by atoms with Crippen molar-refractivity contribution in [3.05, 3.63) is 54.3 Å². The number of nitrogens with zero attached hydrogens (tertiary/aromatic N) is 3. The third kappa shape index (κ3) is 6.67. The fraction of sp³-hybridized carbons (Fsp3) is 0.452. The Labute approximate surface area is 254 Å². The molecule has 0 bridgehead atoms. The Kier molecular flexibility index (Phi) is 8.02. The summed E-state index contributed by atoms with van der Waals surface area (Å²) in [7, 11) is -2.54. The van der Waals surface area contributed by atoms with Crippen molar-refractivity contribution in [1.29, 1.82) is 5.26 Å². The molecule has 234 valence electrons. The molecular formula is C31H33F3N4O5S. The van der Waals surface area contributed by atoms with Crippen LogP contribution in [0.1, 0.15) is 50.2 Å². The van der Waals surface area contributed by atoms with E-state index in [1.165, 1.54) is 18.2 Å². The number of amides is 1. The second-order valence-corrected chi connectivity index (χ2v) is 14.2. The third-order valence-corrected chi connectivity index (χ3v) is 10.3. The molecule has 3 aromatic rings. The monoisotopic (exact) mass is 630 g/mol. The molecule has 1 aromatic heterocycles. The first-order chi connectivity index (χ1) is 20.9. The molecule has 1 saturated heterocycles. The minimum atomic E-state index is -4.86. The molecule has 3 aliphatic rings. The molecule has 0 radical (unpaired) electrons. The Bertz CT molecular complexity index is 1560. The van der Waals surface area contributed by atoms with E-state index < -0.39 is 34.2 Å². The Morgan fingerprint density at radius 2 is 1.80 bits per heavy atom. The highest BCUT2D eigenvalue weighted by atomic mass is 32.3. The maximum atomic E-state index is 13.5. The van der Waals surface area contributed by atoms with Crippen LogP contribution in [0.3, 0.4) is 0 Å². The van der Waals surface area contributed by atoms with Gasteiger partial charge in [-0.15, -0.1) is 13.2 Å². The van der Waals surface area contributed by atoms with E-state index in [1.54, 1.807) is 6.07 Å². The number of aromatic nitrogens is 1. The fourth-order valence-electron chi connectivity index (χ4n) is 6.03. The van der Waals surface area contributed by atoms with Crippen LogP contribution in [0.15, 0.2) is 52.9 Å². The van der Waals surface area contributed by atoms with Crippen LogP contribution in [-0.4, -0.2) is 56.5 Å². The van der Waals surface area contributed by atoms with Crippen LogP contribution in [0.2, 0.25) is 0 Å². The van der Waals surface area contributed by atoms with E-state index in [9.17, 15) is 32.3 Å². The summed E-state index contributed by atoms with van der Waals surface area (Å²) < 4.78 is 69.2. The van der Waals surface area contributed by atoms with Crippen molar-refractivity contribution in [2.75, 3.05) is 29.5 Å². The molecule has 1 amide bonds. The van der Waals surface area contributed by atoms with Crippen LogP contribution < -0.4 is 15.0 Å². The van der Waals surface area contributed by atoms with Crippen molar-refractivity contribution in [2.45, 2.75) is 56.3 Å². The average Bonchev–Trinajstić information content (AvgIpc) is 3.62. The van der Waals surface area contributed by atoms with E-state index >= 15 is 0 Å². The first kappa shape index (κ1) is 30.3. The van der Waals surface area contributed by atoms with Crippen LogP contribution in [0, 0.1) is 17.2 Å². The number of nitriles is 1. The summed E-state index contributed by atoms with van der Waals surface area (Å²) in [6.45, 7) is 1.03. The third-order valence-electron chi connectivity index (χ3n) is 8.62. The first-order valence-corrected chi connectivity index (χ1v) is 16.5. The molecular weight excluding hydrogens is 597 g/mol.